The van der Waals surface area contributed by atoms with E-state index in [1.807, 2.05) is 0 Å². The Labute approximate surface area is 233 Å². The highest BCUT2D eigenvalue weighted by Gasteiger charge is 2.30. The molecule has 4 aromatic rings. The van der Waals surface area contributed by atoms with Crippen LogP contribution in [0.15, 0.2) is 88.8 Å². The van der Waals surface area contributed by atoms with Crippen molar-refractivity contribution < 1.29 is 0 Å². The van der Waals surface area contributed by atoms with Gasteiger partial charge in [0, 0.05) is 24.0 Å². The summed E-state index contributed by atoms with van der Waals surface area (Å²) >= 11 is 0. The molecular formula is C35H40N4. The molecule has 4 heteroatoms. The van der Waals surface area contributed by atoms with Gasteiger partial charge in [-0.25, -0.2) is 4.98 Å². The fourth-order valence-corrected chi connectivity index (χ4v) is 5.47. The molecule has 4 nitrogen and oxygen atoms in total. The molecule has 0 N–H and O–H groups in total. The molecule has 39 heavy (non-hydrogen) atoms. The lowest BCUT2D eigenvalue weighted by Gasteiger charge is -2.23. The van der Waals surface area contributed by atoms with Gasteiger partial charge < -0.3 is 4.90 Å². The van der Waals surface area contributed by atoms with Gasteiger partial charge in [-0.1, -0.05) is 101 Å². The summed E-state index contributed by atoms with van der Waals surface area (Å²) in [7, 11) is 0. The number of benzene rings is 3. The number of aryl methyl sites for hydroxylation is 2. The molecule has 0 saturated carbocycles. The molecule has 0 fully saturated rings. The van der Waals surface area contributed by atoms with Crippen molar-refractivity contribution in [3.05, 3.63) is 107 Å². The Hall–Kier alpha value is -3.79. The third-order valence-corrected chi connectivity index (χ3v) is 8.09. The number of hydrogen-bond donors (Lipinski definition) is 0. The second-order valence-electron chi connectivity index (χ2n) is 10.7. The van der Waals surface area contributed by atoms with Gasteiger partial charge in [-0.3, -0.25) is 9.98 Å². The van der Waals surface area contributed by atoms with E-state index in [1.54, 1.807) is 0 Å². The zero-order valence-electron chi connectivity index (χ0n) is 24.0. The summed E-state index contributed by atoms with van der Waals surface area (Å²) in [6.07, 6.45) is 3.04. The Morgan fingerprint density at radius 2 is 1.62 bits per heavy atom. The van der Waals surface area contributed by atoms with E-state index in [1.165, 1.54) is 16.7 Å². The molecule has 1 unspecified atom stereocenters. The monoisotopic (exact) mass is 516 g/mol. The van der Waals surface area contributed by atoms with E-state index in [-0.39, 0.29) is 6.04 Å². The van der Waals surface area contributed by atoms with Crippen molar-refractivity contribution in [3.63, 3.8) is 0 Å². The van der Waals surface area contributed by atoms with Gasteiger partial charge in [-0.15, -0.1) is 0 Å². The largest absolute Gasteiger partial charge is 0.350 e. The van der Waals surface area contributed by atoms with E-state index in [2.05, 4.69) is 118 Å². The predicted molar refractivity (Wildman–Crippen MR) is 165 cm³/mol. The van der Waals surface area contributed by atoms with Crippen LogP contribution < -0.4 is 0 Å². The van der Waals surface area contributed by atoms with Crippen molar-refractivity contribution in [3.8, 4) is 0 Å². The third-order valence-electron chi connectivity index (χ3n) is 8.09. The van der Waals surface area contributed by atoms with Crippen molar-refractivity contribution >= 4 is 28.1 Å². The second kappa shape index (κ2) is 11.9. The van der Waals surface area contributed by atoms with Crippen LogP contribution in [-0.4, -0.2) is 34.0 Å². The number of amidine groups is 1. The summed E-state index contributed by atoms with van der Waals surface area (Å²) in [4.78, 5) is 18.1. The Morgan fingerprint density at radius 1 is 0.897 bits per heavy atom. The SMILES string of the molecule is CCc1cccc(CC)c1/N=C(\C)c1ccc2cccc(C3=NC([C@@H](C)CC)CN3Cc3ccccc3)c2n1. The van der Waals surface area contributed by atoms with Crippen molar-refractivity contribution in [1.82, 2.24) is 9.88 Å². The minimum atomic E-state index is 0.286. The van der Waals surface area contributed by atoms with Crippen LogP contribution in [0.2, 0.25) is 0 Å². The normalized spacial score (nSPS) is 16.5. The van der Waals surface area contributed by atoms with E-state index in [0.29, 0.717) is 5.92 Å². The van der Waals surface area contributed by atoms with Gasteiger partial charge >= 0.3 is 0 Å². The van der Waals surface area contributed by atoms with Crippen LogP contribution in [-0.2, 0) is 19.4 Å². The number of rotatable bonds is 9. The zero-order valence-corrected chi connectivity index (χ0v) is 24.0. The third kappa shape index (κ3) is 5.66. The highest BCUT2D eigenvalue weighted by molar-refractivity contribution is 6.10. The topological polar surface area (TPSA) is 40.9 Å². The number of fused-ring (bicyclic) bond motifs is 1. The van der Waals surface area contributed by atoms with E-state index in [9.17, 15) is 0 Å². The first-order chi connectivity index (χ1) is 19.0. The number of nitrogens with zero attached hydrogens (tertiary/aromatic N) is 4. The van der Waals surface area contributed by atoms with Crippen LogP contribution in [0, 0.1) is 5.92 Å². The quantitative estimate of drug-likeness (QED) is 0.210. The number of aliphatic imine (C=N–C) groups is 2. The number of hydrogen-bond acceptors (Lipinski definition) is 4. The van der Waals surface area contributed by atoms with Gasteiger partial charge in [0.05, 0.1) is 28.7 Å². The Bertz CT molecular complexity index is 1480. The van der Waals surface area contributed by atoms with Gasteiger partial charge in [0.15, 0.2) is 0 Å². The van der Waals surface area contributed by atoms with Crippen LogP contribution >= 0.6 is 0 Å². The predicted octanol–water partition coefficient (Wildman–Crippen LogP) is 8.18. The molecule has 0 spiro atoms. The molecule has 0 bridgehead atoms. The van der Waals surface area contributed by atoms with Crippen LogP contribution in [0.3, 0.4) is 0 Å². The fraction of sp³-hybridized carbons (Fsp3) is 0.343. The van der Waals surface area contributed by atoms with Gasteiger partial charge in [-0.05, 0) is 54.5 Å². The molecule has 2 atom stereocenters. The Morgan fingerprint density at radius 3 is 2.31 bits per heavy atom. The van der Waals surface area contributed by atoms with Gasteiger partial charge in [-0.2, -0.15) is 0 Å². The zero-order chi connectivity index (χ0) is 27.4. The van der Waals surface area contributed by atoms with Crippen molar-refractivity contribution in [2.75, 3.05) is 6.54 Å². The van der Waals surface area contributed by atoms with Crippen molar-refractivity contribution in [2.45, 2.75) is 66.5 Å². The van der Waals surface area contributed by atoms with E-state index >= 15 is 0 Å². The number of aromatic nitrogens is 1. The van der Waals surface area contributed by atoms with Gasteiger partial charge in [0.1, 0.15) is 5.84 Å². The maximum atomic E-state index is 5.32. The molecule has 1 aliphatic rings. The maximum absolute atomic E-state index is 5.32. The first-order valence-corrected chi connectivity index (χ1v) is 14.5. The van der Waals surface area contributed by atoms with Crippen LogP contribution in [0.1, 0.15) is 69.0 Å². The van der Waals surface area contributed by atoms with E-state index in [0.717, 1.165) is 71.7 Å². The molecule has 1 aliphatic heterocycles. The molecule has 200 valence electrons. The lowest BCUT2D eigenvalue weighted by Crippen LogP contribution is -2.31. The number of pyridine rings is 1. The molecule has 2 heterocycles. The summed E-state index contributed by atoms with van der Waals surface area (Å²) in [6, 6.07) is 28.2. The molecule has 0 saturated heterocycles. The summed E-state index contributed by atoms with van der Waals surface area (Å²) in [5.41, 5.74) is 8.90. The first kappa shape index (κ1) is 26.8. The molecular weight excluding hydrogens is 476 g/mol. The van der Waals surface area contributed by atoms with E-state index in [4.69, 9.17) is 15.0 Å². The van der Waals surface area contributed by atoms with Crippen molar-refractivity contribution in [1.29, 1.82) is 0 Å². The van der Waals surface area contributed by atoms with Crippen LogP contribution in [0.5, 0.6) is 0 Å². The minimum Gasteiger partial charge on any atom is -0.350 e. The molecule has 0 aliphatic carbocycles. The average Bonchev–Trinajstić information content (AvgIpc) is 3.40. The van der Waals surface area contributed by atoms with Crippen LogP contribution in [0.25, 0.3) is 10.9 Å². The van der Waals surface area contributed by atoms with Crippen LogP contribution in [0.4, 0.5) is 5.69 Å². The fourth-order valence-electron chi connectivity index (χ4n) is 5.47. The molecule has 0 amide bonds. The number of para-hydroxylation sites is 2. The first-order valence-electron chi connectivity index (χ1n) is 14.5. The minimum absolute atomic E-state index is 0.286. The summed E-state index contributed by atoms with van der Waals surface area (Å²) in [6.45, 7) is 12.8. The molecule has 5 rings (SSSR count). The molecule has 1 aromatic heterocycles. The van der Waals surface area contributed by atoms with Gasteiger partial charge in [0.25, 0.3) is 0 Å². The Kier molecular flexibility index (Phi) is 8.21. The summed E-state index contributed by atoms with van der Waals surface area (Å²) in [5, 5.41) is 1.13. The standard InChI is InChI=1S/C35H40N4/c1-6-24(4)32-23-39(22-26-14-10-9-11-15-26)35(38-32)30-19-13-18-29-20-21-31(37-34(29)30)25(5)36-33-27(7-2)16-12-17-28(33)8-3/h9-21,24,32H,6-8,22-23H2,1-5H3/b36-25+/t24-,32?/m0/s1. The highest BCUT2D eigenvalue weighted by atomic mass is 15.3. The summed E-state index contributed by atoms with van der Waals surface area (Å²) < 4.78 is 0. The van der Waals surface area contributed by atoms with E-state index < -0.39 is 0 Å². The maximum Gasteiger partial charge on any atom is 0.133 e. The highest BCUT2D eigenvalue weighted by Crippen LogP contribution is 2.29. The molecule has 3 aromatic carbocycles. The second-order valence-corrected chi connectivity index (χ2v) is 10.7. The average molecular weight is 517 g/mol. The summed E-state index contributed by atoms with van der Waals surface area (Å²) in [5.74, 6) is 1.58. The lowest BCUT2D eigenvalue weighted by molar-refractivity contribution is 0.360. The smallest absolute Gasteiger partial charge is 0.133 e. The Balaban J connectivity index is 1.58. The van der Waals surface area contributed by atoms with Gasteiger partial charge in [0.2, 0.25) is 0 Å². The van der Waals surface area contributed by atoms with Crippen molar-refractivity contribution in [2.24, 2.45) is 15.9 Å². The lowest BCUT2D eigenvalue weighted by atomic mass is 10.0. The molecule has 0 radical (unpaired) electrons.